The summed E-state index contributed by atoms with van der Waals surface area (Å²) in [7, 11) is 0. The summed E-state index contributed by atoms with van der Waals surface area (Å²) in [6.07, 6.45) is 0.223. The van der Waals surface area contributed by atoms with Gasteiger partial charge in [0.2, 0.25) is 0 Å². The van der Waals surface area contributed by atoms with E-state index < -0.39 is 5.97 Å². The average Bonchev–Trinajstić information content (AvgIpc) is 2.59. The van der Waals surface area contributed by atoms with E-state index in [1.807, 2.05) is 0 Å². The largest absolute Gasteiger partial charge is 0.481 e. The number of thioether (sulfide) groups is 1. The summed E-state index contributed by atoms with van der Waals surface area (Å²) in [6, 6.07) is 0. The van der Waals surface area contributed by atoms with Crippen molar-refractivity contribution >= 4 is 29.1 Å². The second kappa shape index (κ2) is 5.68. The van der Waals surface area contributed by atoms with E-state index in [0.29, 0.717) is 5.75 Å². The summed E-state index contributed by atoms with van der Waals surface area (Å²) in [4.78, 5) is 14.9. The van der Waals surface area contributed by atoms with Crippen LogP contribution in [-0.4, -0.2) is 21.8 Å². The Balaban J connectivity index is 2.38. The van der Waals surface area contributed by atoms with Gasteiger partial charge in [-0.1, -0.05) is 20.8 Å². The lowest BCUT2D eigenvalue weighted by atomic mass is 9.98. The van der Waals surface area contributed by atoms with Crippen LogP contribution in [0, 0.1) is 0 Å². The molecule has 0 amide bonds. The molecule has 3 nitrogen and oxygen atoms in total. The Morgan fingerprint density at radius 1 is 1.56 bits per heavy atom. The summed E-state index contributed by atoms with van der Waals surface area (Å²) in [5, 5.41) is 11.7. The topological polar surface area (TPSA) is 50.2 Å². The molecule has 1 N–H and O–H groups in total. The molecule has 0 radical (unpaired) electrons. The maximum atomic E-state index is 10.3. The van der Waals surface area contributed by atoms with E-state index in [9.17, 15) is 4.79 Å². The first kappa shape index (κ1) is 13.5. The van der Waals surface area contributed by atoms with Crippen LogP contribution in [-0.2, 0) is 16.0 Å². The molecule has 1 rings (SSSR count). The van der Waals surface area contributed by atoms with Crippen LogP contribution in [0.2, 0.25) is 0 Å². The van der Waals surface area contributed by atoms with E-state index in [-0.39, 0.29) is 11.8 Å². The Kier molecular flexibility index (Phi) is 4.80. The molecule has 0 saturated heterocycles. The first-order valence-electron chi connectivity index (χ1n) is 5.14. The molecule has 0 saturated carbocycles. The summed E-state index contributed by atoms with van der Waals surface area (Å²) >= 11 is 3.30. The molecule has 1 aromatic rings. The van der Waals surface area contributed by atoms with Gasteiger partial charge in [-0.3, -0.25) is 4.79 Å². The lowest BCUT2D eigenvalue weighted by Crippen LogP contribution is -2.10. The molecule has 0 aliphatic rings. The first-order valence-corrected chi connectivity index (χ1v) is 7.17. The summed E-state index contributed by atoms with van der Waals surface area (Å²) in [5.74, 6) is 0.721. The lowest BCUT2D eigenvalue weighted by molar-refractivity contribution is -0.136. The zero-order chi connectivity index (χ0) is 12.2. The number of thiazole rings is 1. The number of carbonyl (C=O) groups is 1. The van der Waals surface area contributed by atoms with Crippen molar-refractivity contribution < 1.29 is 9.90 Å². The second-order valence-electron chi connectivity index (χ2n) is 4.59. The number of hydrogen-bond donors (Lipinski definition) is 1. The molecule has 5 heteroatoms. The van der Waals surface area contributed by atoms with Crippen molar-refractivity contribution in [2.24, 2.45) is 0 Å². The minimum atomic E-state index is -0.735. The third-order valence-electron chi connectivity index (χ3n) is 1.90. The standard InChI is InChI=1S/C11H17NO2S2/c1-11(2,3)10-12-8(7-16-10)6-15-5-4-9(13)14/h7H,4-6H2,1-3H3,(H,13,14). The van der Waals surface area contributed by atoms with Gasteiger partial charge in [0, 0.05) is 22.3 Å². The Labute approximate surface area is 104 Å². The van der Waals surface area contributed by atoms with Crippen molar-refractivity contribution in [1.29, 1.82) is 0 Å². The molecule has 0 aliphatic heterocycles. The van der Waals surface area contributed by atoms with Crippen LogP contribution >= 0.6 is 23.1 Å². The predicted molar refractivity (Wildman–Crippen MR) is 69.2 cm³/mol. The number of nitrogens with zero attached hydrogens (tertiary/aromatic N) is 1. The molecule has 1 heterocycles. The lowest BCUT2D eigenvalue weighted by Gasteiger charge is -2.13. The molecule has 0 atom stereocenters. The van der Waals surface area contributed by atoms with Crippen molar-refractivity contribution in [2.45, 2.75) is 38.4 Å². The van der Waals surface area contributed by atoms with Crippen molar-refractivity contribution in [3.05, 3.63) is 16.1 Å². The zero-order valence-corrected chi connectivity index (χ0v) is 11.5. The molecule has 0 aromatic carbocycles. The van der Waals surface area contributed by atoms with Crippen molar-refractivity contribution in [2.75, 3.05) is 5.75 Å². The summed E-state index contributed by atoms with van der Waals surface area (Å²) in [6.45, 7) is 6.44. The SMILES string of the molecule is CC(C)(C)c1nc(CSCCC(=O)O)cs1. The zero-order valence-electron chi connectivity index (χ0n) is 9.82. The Hall–Kier alpha value is -0.550. The second-order valence-corrected chi connectivity index (χ2v) is 6.55. The van der Waals surface area contributed by atoms with Gasteiger partial charge in [0.25, 0.3) is 0 Å². The molecule has 0 aliphatic carbocycles. The quantitative estimate of drug-likeness (QED) is 0.825. The van der Waals surface area contributed by atoms with E-state index in [2.05, 4.69) is 31.1 Å². The van der Waals surface area contributed by atoms with Crippen molar-refractivity contribution in [3.63, 3.8) is 0 Å². The van der Waals surface area contributed by atoms with Crippen LogP contribution in [0.25, 0.3) is 0 Å². The molecule has 16 heavy (non-hydrogen) atoms. The van der Waals surface area contributed by atoms with Gasteiger partial charge >= 0.3 is 5.97 Å². The number of hydrogen-bond acceptors (Lipinski definition) is 4. The fraction of sp³-hybridized carbons (Fsp3) is 0.636. The molecule has 1 aromatic heterocycles. The molecule has 0 bridgehead atoms. The highest BCUT2D eigenvalue weighted by molar-refractivity contribution is 7.98. The van der Waals surface area contributed by atoms with E-state index in [0.717, 1.165) is 16.5 Å². The Morgan fingerprint density at radius 3 is 2.75 bits per heavy atom. The van der Waals surface area contributed by atoms with Crippen molar-refractivity contribution in [3.8, 4) is 0 Å². The maximum Gasteiger partial charge on any atom is 0.304 e. The molecule has 0 fully saturated rings. The van der Waals surface area contributed by atoms with Gasteiger partial charge < -0.3 is 5.11 Å². The summed E-state index contributed by atoms with van der Waals surface area (Å²) in [5.41, 5.74) is 1.17. The van der Waals surface area contributed by atoms with Crippen molar-refractivity contribution in [1.82, 2.24) is 4.98 Å². The van der Waals surface area contributed by atoms with Crippen LogP contribution in [0.15, 0.2) is 5.38 Å². The highest BCUT2D eigenvalue weighted by Gasteiger charge is 2.17. The average molecular weight is 259 g/mol. The van der Waals surface area contributed by atoms with Gasteiger partial charge in [-0.05, 0) is 0 Å². The smallest absolute Gasteiger partial charge is 0.304 e. The number of aromatic nitrogens is 1. The van der Waals surface area contributed by atoms with Crippen LogP contribution in [0.1, 0.15) is 37.9 Å². The van der Waals surface area contributed by atoms with E-state index in [1.54, 1.807) is 23.1 Å². The third kappa shape index (κ3) is 4.53. The Morgan fingerprint density at radius 2 is 2.25 bits per heavy atom. The molecule has 0 spiro atoms. The van der Waals surface area contributed by atoms with E-state index >= 15 is 0 Å². The molecule has 90 valence electrons. The van der Waals surface area contributed by atoms with Gasteiger partial charge in [0.05, 0.1) is 17.1 Å². The fourth-order valence-electron chi connectivity index (χ4n) is 1.05. The first-order chi connectivity index (χ1) is 7.39. The van der Waals surface area contributed by atoms with E-state index in [4.69, 9.17) is 5.11 Å². The highest BCUT2D eigenvalue weighted by Crippen LogP contribution is 2.26. The van der Waals surface area contributed by atoms with E-state index in [1.165, 1.54) is 0 Å². The number of rotatable bonds is 5. The van der Waals surface area contributed by atoms with Gasteiger partial charge in [-0.2, -0.15) is 11.8 Å². The monoisotopic (exact) mass is 259 g/mol. The molecular formula is C11H17NO2S2. The predicted octanol–water partition coefficient (Wildman–Crippen LogP) is 3.15. The van der Waals surface area contributed by atoms with Crippen LogP contribution in [0.3, 0.4) is 0 Å². The number of aliphatic carboxylic acids is 1. The number of carboxylic acids is 1. The van der Waals surface area contributed by atoms with Gasteiger partial charge in [-0.15, -0.1) is 11.3 Å². The third-order valence-corrected chi connectivity index (χ3v) is 4.21. The maximum absolute atomic E-state index is 10.3. The number of carboxylic acid groups (broad SMARTS) is 1. The van der Waals surface area contributed by atoms with Crippen LogP contribution < -0.4 is 0 Å². The molecule has 0 unspecified atom stereocenters. The minimum absolute atomic E-state index is 0.106. The highest BCUT2D eigenvalue weighted by atomic mass is 32.2. The van der Waals surface area contributed by atoms with Gasteiger partial charge in [0.1, 0.15) is 0 Å². The normalized spacial score (nSPS) is 11.7. The van der Waals surface area contributed by atoms with Crippen LogP contribution in [0.4, 0.5) is 0 Å². The van der Waals surface area contributed by atoms with Gasteiger partial charge in [-0.25, -0.2) is 4.98 Å². The molecular weight excluding hydrogens is 242 g/mol. The fourth-order valence-corrected chi connectivity index (χ4v) is 2.89. The van der Waals surface area contributed by atoms with Gasteiger partial charge in [0.15, 0.2) is 0 Å². The Bertz CT molecular complexity index is 355. The van der Waals surface area contributed by atoms with Crippen LogP contribution in [0.5, 0.6) is 0 Å². The summed E-state index contributed by atoms with van der Waals surface area (Å²) < 4.78 is 0. The minimum Gasteiger partial charge on any atom is -0.481 e.